The first kappa shape index (κ1) is 24.5. The van der Waals surface area contributed by atoms with Crippen LogP contribution in [0.15, 0.2) is 46.8 Å². The fraction of sp³-hybridized carbons (Fsp3) is 0.409. The van der Waals surface area contributed by atoms with Crippen molar-refractivity contribution in [3.8, 4) is 17.1 Å². The molecule has 1 aliphatic heterocycles. The molecular formula is C22H30IN7OS. The lowest BCUT2D eigenvalue weighted by Crippen LogP contribution is -2.42. The Morgan fingerprint density at radius 3 is 2.66 bits per heavy atom. The standard InChI is InChI=1S/C22H29N7OS.HI/c1-23-22(24-14-18(19-6-5-13-31-19)29-11-3-4-12-29)25-15-20-26-21(28-27-20)16-7-9-17(30-2)10-8-16;/h5-10,13,18H,3-4,11-12,14-15H2,1-2H3,(H2,23,24,25)(H,26,27,28);1H. The number of halogens is 1. The molecule has 3 aromatic rings. The number of H-pyrrole nitrogens is 1. The Labute approximate surface area is 209 Å². The summed E-state index contributed by atoms with van der Waals surface area (Å²) in [6.45, 7) is 3.63. The molecule has 3 N–H and O–H groups in total. The smallest absolute Gasteiger partial charge is 0.191 e. The summed E-state index contributed by atoms with van der Waals surface area (Å²) in [4.78, 5) is 12.9. The molecule has 3 heterocycles. The van der Waals surface area contributed by atoms with E-state index in [0.717, 1.165) is 42.7 Å². The number of nitrogens with zero attached hydrogens (tertiary/aromatic N) is 4. The number of methoxy groups -OCH3 is 1. The second-order valence-corrected chi connectivity index (χ2v) is 8.39. The van der Waals surface area contributed by atoms with E-state index in [1.54, 1.807) is 14.2 Å². The van der Waals surface area contributed by atoms with Gasteiger partial charge in [0.05, 0.1) is 19.7 Å². The van der Waals surface area contributed by atoms with Crippen LogP contribution in [-0.4, -0.2) is 59.8 Å². The molecule has 1 unspecified atom stereocenters. The van der Waals surface area contributed by atoms with Crippen molar-refractivity contribution >= 4 is 41.3 Å². The highest BCUT2D eigenvalue weighted by molar-refractivity contribution is 14.0. The third kappa shape index (κ3) is 6.20. The van der Waals surface area contributed by atoms with E-state index in [1.165, 1.54) is 17.7 Å². The summed E-state index contributed by atoms with van der Waals surface area (Å²) >= 11 is 1.82. The van der Waals surface area contributed by atoms with E-state index in [1.807, 2.05) is 35.6 Å². The summed E-state index contributed by atoms with van der Waals surface area (Å²) in [7, 11) is 3.44. The molecule has 2 aromatic heterocycles. The number of ether oxygens (including phenoxy) is 1. The van der Waals surface area contributed by atoms with Gasteiger partial charge in [-0.1, -0.05) is 6.07 Å². The number of benzene rings is 1. The number of nitrogens with one attached hydrogen (secondary N) is 3. The van der Waals surface area contributed by atoms with Gasteiger partial charge < -0.3 is 15.4 Å². The quantitative estimate of drug-likeness (QED) is 0.219. The highest BCUT2D eigenvalue weighted by atomic mass is 127. The number of aliphatic imine (C=N–C) groups is 1. The number of guanidine groups is 1. The normalized spacial score (nSPS) is 15.2. The van der Waals surface area contributed by atoms with Crippen LogP contribution in [0.5, 0.6) is 5.75 Å². The summed E-state index contributed by atoms with van der Waals surface area (Å²) in [5, 5.41) is 16.3. The van der Waals surface area contributed by atoms with E-state index in [0.29, 0.717) is 18.4 Å². The molecule has 1 fully saturated rings. The Morgan fingerprint density at radius 2 is 2.00 bits per heavy atom. The zero-order chi connectivity index (χ0) is 21.5. The van der Waals surface area contributed by atoms with E-state index in [2.05, 4.69) is 53.2 Å². The molecule has 0 spiro atoms. The number of likely N-dealkylation sites (tertiary alicyclic amines) is 1. The van der Waals surface area contributed by atoms with Crippen LogP contribution in [-0.2, 0) is 6.54 Å². The Balaban J connectivity index is 0.00000289. The van der Waals surface area contributed by atoms with E-state index in [4.69, 9.17) is 4.74 Å². The average Bonchev–Trinajstić information content (AvgIpc) is 3.59. The van der Waals surface area contributed by atoms with Crippen LogP contribution in [0.2, 0.25) is 0 Å². The Hall–Kier alpha value is -2.18. The minimum absolute atomic E-state index is 0. The zero-order valence-corrected chi connectivity index (χ0v) is 21.5. The van der Waals surface area contributed by atoms with Crippen molar-refractivity contribution in [2.45, 2.75) is 25.4 Å². The van der Waals surface area contributed by atoms with Gasteiger partial charge in [0.2, 0.25) is 0 Å². The average molecular weight is 568 g/mol. The third-order valence-electron chi connectivity index (χ3n) is 5.44. The lowest BCUT2D eigenvalue weighted by Gasteiger charge is -2.27. The largest absolute Gasteiger partial charge is 0.497 e. The van der Waals surface area contributed by atoms with Crippen molar-refractivity contribution in [3.63, 3.8) is 0 Å². The van der Waals surface area contributed by atoms with E-state index < -0.39 is 0 Å². The Bertz CT molecular complexity index is 969. The Morgan fingerprint density at radius 1 is 1.22 bits per heavy atom. The third-order valence-corrected chi connectivity index (χ3v) is 6.42. The van der Waals surface area contributed by atoms with Gasteiger partial charge in [-0.05, 0) is 61.6 Å². The topological polar surface area (TPSA) is 90.5 Å². The van der Waals surface area contributed by atoms with Gasteiger partial charge in [0.1, 0.15) is 11.6 Å². The monoisotopic (exact) mass is 567 g/mol. The van der Waals surface area contributed by atoms with Gasteiger partial charge in [-0.15, -0.1) is 35.3 Å². The summed E-state index contributed by atoms with van der Waals surface area (Å²) in [5.74, 6) is 2.98. The van der Waals surface area contributed by atoms with Crippen molar-refractivity contribution in [1.82, 2.24) is 30.7 Å². The molecule has 1 aliphatic rings. The number of hydrogen-bond acceptors (Lipinski definition) is 6. The van der Waals surface area contributed by atoms with Gasteiger partial charge in [0.25, 0.3) is 0 Å². The molecule has 8 nitrogen and oxygen atoms in total. The lowest BCUT2D eigenvalue weighted by molar-refractivity contribution is 0.249. The second-order valence-electron chi connectivity index (χ2n) is 7.42. The van der Waals surface area contributed by atoms with Crippen LogP contribution >= 0.6 is 35.3 Å². The fourth-order valence-electron chi connectivity index (χ4n) is 3.77. The zero-order valence-electron chi connectivity index (χ0n) is 18.4. The van der Waals surface area contributed by atoms with Crippen molar-refractivity contribution in [2.24, 2.45) is 4.99 Å². The molecule has 1 aromatic carbocycles. The van der Waals surface area contributed by atoms with Crippen LogP contribution in [0.25, 0.3) is 11.4 Å². The molecule has 10 heteroatoms. The molecule has 172 valence electrons. The van der Waals surface area contributed by atoms with Gasteiger partial charge in [-0.3, -0.25) is 15.0 Å². The molecule has 1 atom stereocenters. The number of thiophene rings is 1. The van der Waals surface area contributed by atoms with E-state index in [-0.39, 0.29) is 24.0 Å². The Kier molecular flexibility index (Phi) is 9.30. The van der Waals surface area contributed by atoms with Crippen LogP contribution in [0.1, 0.15) is 29.6 Å². The molecule has 1 saturated heterocycles. The molecule has 0 saturated carbocycles. The van der Waals surface area contributed by atoms with Crippen LogP contribution in [0.4, 0.5) is 0 Å². The number of hydrogen-bond donors (Lipinski definition) is 3. The van der Waals surface area contributed by atoms with Crippen molar-refractivity contribution in [3.05, 3.63) is 52.5 Å². The maximum absolute atomic E-state index is 5.20. The SMILES string of the molecule is CN=C(NCc1nc(-c2ccc(OC)cc2)n[nH]1)NCC(c1cccs1)N1CCCC1.I. The van der Waals surface area contributed by atoms with Crippen molar-refractivity contribution < 1.29 is 4.74 Å². The fourth-order valence-corrected chi connectivity index (χ4v) is 4.63. The van der Waals surface area contributed by atoms with Gasteiger partial charge in [0.15, 0.2) is 11.8 Å². The van der Waals surface area contributed by atoms with Gasteiger partial charge >= 0.3 is 0 Å². The molecule has 32 heavy (non-hydrogen) atoms. The molecule has 0 amide bonds. The predicted octanol–water partition coefficient (Wildman–Crippen LogP) is 3.66. The van der Waals surface area contributed by atoms with Crippen LogP contribution in [0, 0.1) is 0 Å². The highest BCUT2D eigenvalue weighted by Gasteiger charge is 2.24. The predicted molar refractivity (Wildman–Crippen MR) is 140 cm³/mol. The minimum atomic E-state index is 0. The van der Waals surface area contributed by atoms with Gasteiger partial charge in [-0.2, -0.15) is 5.10 Å². The first-order valence-electron chi connectivity index (χ1n) is 10.5. The van der Waals surface area contributed by atoms with E-state index in [9.17, 15) is 0 Å². The lowest BCUT2D eigenvalue weighted by atomic mass is 10.2. The van der Waals surface area contributed by atoms with Gasteiger partial charge in [-0.25, -0.2) is 4.98 Å². The number of rotatable bonds is 8. The van der Waals surface area contributed by atoms with E-state index >= 15 is 0 Å². The maximum atomic E-state index is 5.20. The number of aromatic amines is 1. The van der Waals surface area contributed by atoms with Gasteiger partial charge in [0, 0.05) is 24.0 Å². The first-order valence-corrected chi connectivity index (χ1v) is 11.4. The molecule has 0 bridgehead atoms. The van der Waals surface area contributed by atoms with Crippen molar-refractivity contribution in [2.75, 3.05) is 33.8 Å². The number of aromatic nitrogens is 3. The van der Waals surface area contributed by atoms with Crippen LogP contribution in [0.3, 0.4) is 0 Å². The minimum Gasteiger partial charge on any atom is -0.497 e. The van der Waals surface area contributed by atoms with Crippen molar-refractivity contribution in [1.29, 1.82) is 0 Å². The molecule has 0 radical (unpaired) electrons. The summed E-state index contributed by atoms with van der Waals surface area (Å²) < 4.78 is 5.20. The highest BCUT2D eigenvalue weighted by Crippen LogP contribution is 2.27. The molecule has 0 aliphatic carbocycles. The molecule has 4 rings (SSSR count). The summed E-state index contributed by atoms with van der Waals surface area (Å²) in [6.07, 6.45) is 2.55. The first-order chi connectivity index (χ1) is 15.3. The summed E-state index contributed by atoms with van der Waals surface area (Å²) in [6, 6.07) is 12.4. The second kappa shape index (κ2) is 12.2. The molecular weight excluding hydrogens is 537 g/mol. The summed E-state index contributed by atoms with van der Waals surface area (Å²) in [5.41, 5.74) is 0.940. The van der Waals surface area contributed by atoms with Crippen LogP contribution < -0.4 is 15.4 Å². The maximum Gasteiger partial charge on any atom is 0.191 e.